The van der Waals surface area contributed by atoms with Gasteiger partial charge in [0.2, 0.25) is 10.0 Å². The van der Waals surface area contributed by atoms with Crippen LogP contribution in [0.5, 0.6) is 0 Å². The van der Waals surface area contributed by atoms with Gasteiger partial charge in [0.15, 0.2) is 0 Å². The maximum atomic E-state index is 12.9. The lowest BCUT2D eigenvalue weighted by molar-refractivity contribution is 0.251. The van der Waals surface area contributed by atoms with E-state index in [1.807, 2.05) is 25.1 Å². The third kappa shape index (κ3) is 4.22. The van der Waals surface area contributed by atoms with Crippen molar-refractivity contribution in [3.05, 3.63) is 75.0 Å². The fourth-order valence-electron chi connectivity index (χ4n) is 2.83. The molecule has 0 aliphatic heterocycles. The number of aromatic nitrogens is 1. The predicted molar refractivity (Wildman–Crippen MR) is 105 cm³/mol. The van der Waals surface area contributed by atoms with E-state index in [9.17, 15) is 18.3 Å². The summed E-state index contributed by atoms with van der Waals surface area (Å²) in [5.41, 5.74) is 1.66. The van der Waals surface area contributed by atoms with E-state index >= 15 is 0 Å². The Labute approximate surface area is 162 Å². The van der Waals surface area contributed by atoms with Crippen molar-refractivity contribution in [2.24, 2.45) is 0 Å². The van der Waals surface area contributed by atoms with E-state index in [1.165, 1.54) is 24.3 Å². The number of hydrogen-bond donors (Lipinski definition) is 2. The number of nitrogens with zero attached hydrogens (tertiary/aromatic N) is 1. The summed E-state index contributed by atoms with van der Waals surface area (Å²) in [5.74, 6) is 0. The van der Waals surface area contributed by atoms with Gasteiger partial charge >= 0.3 is 0 Å². The molecule has 1 heterocycles. The fraction of sp³-hybridized carbons (Fsp3) is 0.211. The summed E-state index contributed by atoms with van der Waals surface area (Å²) in [6, 6.07) is 13.1. The summed E-state index contributed by atoms with van der Waals surface area (Å²) in [5, 5.41) is 10.6. The van der Waals surface area contributed by atoms with Crippen molar-refractivity contribution < 1.29 is 13.5 Å². The first-order chi connectivity index (χ1) is 12.8. The molecule has 0 saturated heterocycles. The SMILES string of the molecule is Cc1ccc2[nH]c(=O)c(CN(CCO)S(=O)(=O)c3ccc(Cl)cc3)cc2c1. The molecule has 0 atom stereocenters. The van der Waals surface area contributed by atoms with Gasteiger partial charge in [0, 0.05) is 29.2 Å². The molecule has 3 aromatic rings. The van der Waals surface area contributed by atoms with Crippen molar-refractivity contribution in [1.29, 1.82) is 0 Å². The van der Waals surface area contributed by atoms with Gasteiger partial charge in [0.05, 0.1) is 11.5 Å². The van der Waals surface area contributed by atoms with Crippen LogP contribution in [-0.2, 0) is 16.6 Å². The normalized spacial score (nSPS) is 12.0. The van der Waals surface area contributed by atoms with Gasteiger partial charge in [-0.15, -0.1) is 0 Å². The minimum Gasteiger partial charge on any atom is -0.395 e. The fourth-order valence-corrected chi connectivity index (χ4v) is 4.37. The molecule has 8 heteroatoms. The molecule has 0 unspecified atom stereocenters. The van der Waals surface area contributed by atoms with Crippen LogP contribution in [0.3, 0.4) is 0 Å². The zero-order valence-electron chi connectivity index (χ0n) is 14.6. The van der Waals surface area contributed by atoms with Gasteiger partial charge in [-0.05, 0) is 54.8 Å². The average Bonchev–Trinajstić information content (AvgIpc) is 2.62. The molecule has 0 radical (unpaired) electrons. The van der Waals surface area contributed by atoms with E-state index in [4.69, 9.17) is 11.6 Å². The number of hydrogen-bond acceptors (Lipinski definition) is 4. The minimum absolute atomic E-state index is 0.0495. The highest BCUT2D eigenvalue weighted by Gasteiger charge is 2.25. The molecule has 0 bridgehead atoms. The number of aliphatic hydroxyl groups is 1. The molecule has 2 aromatic carbocycles. The Morgan fingerprint density at radius 2 is 1.81 bits per heavy atom. The molecule has 0 spiro atoms. The Kier molecular flexibility index (Phi) is 5.67. The Hall–Kier alpha value is -2.19. The summed E-state index contributed by atoms with van der Waals surface area (Å²) in [7, 11) is -3.89. The largest absolute Gasteiger partial charge is 0.395 e. The van der Waals surface area contributed by atoms with Crippen LogP contribution >= 0.6 is 11.6 Å². The predicted octanol–water partition coefficient (Wildman–Crippen LogP) is 2.67. The number of benzene rings is 2. The molecule has 0 fully saturated rings. The Morgan fingerprint density at radius 1 is 1.11 bits per heavy atom. The molecular formula is C19H19ClN2O4S. The number of fused-ring (bicyclic) bond motifs is 1. The van der Waals surface area contributed by atoms with Gasteiger partial charge in [-0.2, -0.15) is 4.31 Å². The molecule has 2 N–H and O–H groups in total. The zero-order chi connectivity index (χ0) is 19.6. The van der Waals surface area contributed by atoms with Gasteiger partial charge < -0.3 is 10.1 Å². The van der Waals surface area contributed by atoms with Crippen LogP contribution in [0.15, 0.2) is 58.2 Å². The first-order valence-electron chi connectivity index (χ1n) is 8.30. The monoisotopic (exact) mass is 406 g/mol. The lowest BCUT2D eigenvalue weighted by Crippen LogP contribution is -2.35. The number of aliphatic hydroxyl groups excluding tert-OH is 1. The van der Waals surface area contributed by atoms with E-state index in [1.54, 1.807) is 6.07 Å². The smallest absolute Gasteiger partial charge is 0.252 e. The number of aryl methyl sites for hydroxylation is 1. The van der Waals surface area contributed by atoms with Gasteiger partial charge in [-0.3, -0.25) is 4.79 Å². The number of rotatable bonds is 6. The lowest BCUT2D eigenvalue weighted by atomic mass is 10.1. The molecule has 0 aliphatic rings. The number of aromatic amines is 1. The highest BCUT2D eigenvalue weighted by atomic mass is 35.5. The molecule has 0 aliphatic carbocycles. The number of pyridine rings is 1. The van der Waals surface area contributed by atoms with Gasteiger partial charge in [-0.25, -0.2) is 8.42 Å². The number of nitrogens with one attached hydrogen (secondary N) is 1. The van der Waals surface area contributed by atoms with Crippen LogP contribution in [-0.4, -0.2) is 36.0 Å². The molecule has 6 nitrogen and oxygen atoms in total. The van der Waals surface area contributed by atoms with Crippen molar-refractivity contribution in [3.8, 4) is 0 Å². The van der Waals surface area contributed by atoms with E-state index in [2.05, 4.69) is 4.98 Å². The Morgan fingerprint density at radius 3 is 2.48 bits per heavy atom. The van der Waals surface area contributed by atoms with Crippen LogP contribution in [0.25, 0.3) is 10.9 Å². The van der Waals surface area contributed by atoms with E-state index in [0.717, 1.165) is 15.3 Å². The first kappa shape index (κ1) is 19.6. The topological polar surface area (TPSA) is 90.5 Å². The third-order valence-corrected chi connectivity index (χ3v) is 6.34. The standard InChI is InChI=1S/C19H19ClN2O4S/c1-13-2-7-18-14(10-13)11-15(19(24)21-18)12-22(8-9-23)27(25,26)17-5-3-16(20)4-6-17/h2-7,10-11,23H,8-9,12H2,1H3,(H,21,24). The second-order valence-corrected chi connectivity index (χ2v) is 8.60. The van der Waals surface area contributed by atoms with Crippen molar-refractivity contribution >= 4 is 32.5 Å². The maximum absolute atomic E-state index is 12.9. The van der Waals surface area contributed by atoms with Crippen molar-refractivity contribution in [3.63, 3.8) is 0 Å². The summed E-state index contributed by atoms with van der Waals surface area (Å²) >= 11 is 5.83. The highest BCUT2D eigenvalue weighted by Crippen LogP contribution is 2.21. The van der Waals surface area contributed by atoms with Crippen LogP contribution in [0, 0.1) is 6.92 Å². The van der Waals surface area contributed by atoms with Crippen LogP contribution in [0.4, 0.5) is 0 Å². The molecule has 27 heavy (non-hydrogen) atoms. The quantitative estimate of drug-likeness (QED) is 0.658. The molecule has 142 valence electrons. The second kappa shape index (κ2) is 7.82. The lowest BCUT2D eigenvalue weighted by Gasteiger charge is -2.21. The summed E-state index contributed by atoms with van der Waals surface area (Å²) in [6.45, 7) is 1.30. The maximum Gasteiger partial charge on any atom is 0.252 e. The Bertz CT molecular complexity index is 1120. The molecule has 3 rings (SSSR count). The van der Waals surface area contributed by atoms with Crippen molar-refractivity contribution in [2.45, 2.75) is 18.4 Å². The van der Waals surface area contributed by atoms with E-state index < -0.39 is 10.0 Å². The van der Waals surface area contributed by atoms with Gasteiger partial charge in [-0.1, -0.05) is 23.2 Å². The molecule has 0 saturated carbocycles. The molecular weight excluding hydrogens is 388 g/mol. The summed E-state index contributed by atoms with van der Waals surface area (Å²) < 4.78 is 26.9. The second-order valence-electron chi connectivity index (χ2n) is 6.23. The van der Waals surface area contributed by atoms with Crippen molar-refractivity contribution in [2.75, 3.05) is 13.2 Å². The zero-order valence-corrected chi connectivity index (χ0v) is 16.2. The number of H-pyrrole nitrogens is 1. The van der Waals surface area contributed by atoms with Crippen LogP contribution < -0.4 is 5.56 Å². The van der Waals surface area contributed by atoms with Crippen LogP contribution in [0.2, 0.25) is 5.02 Å². The van der Waals surface area contributed by atoms with Gasteiger partial charge in [0.25, 0.3) is 5.56 Å². The van der Waals surface area contributed by atoms with Gasteiger partial charge in [0.1, 0.15) is 0 Å². The molecule has 1 aromatic heterocycles. The van der Waals surface area contributed by atoms with Crippen LogP contribution in [0.1, 0.15) is 11.1 Å². The highest BCUT2D eigenvalue weighted by molar-refractivity contribution is 7.89. The summed E-state index contributed by atoms with van der Waals surface area (Å²) in [4.78, 5) is 15.2. The average molecular weight is 407 g/mol. The number of sulfonamides is 1. The third-order valence-electron chi connectivity index (χ3n) is 4.22. The molecule has 0 amide bonds. The number of halogens is 1. The first-order valence-corrected chi connectivity index (χ1v) is 10.1. The van der Waals surface area contributed by atoms with E-state index in [0.29, 0.717) is 16.1 Å². The van der Waals surface area contributed by atoms with Crippen molar-refractivity contribution in [1.82, 2.24) is 9.29 Å². The minimum atomic E-state index is -3.89. The van der Waals surface area contributed by atoms with E-state index in [-0.39, 0.29) is 30.2 Å². The summed E-state index contributed by atoms with van der Waals surface area (Å²) in [6.07, 6.45) is 0. The Balaban J connectivity index is 2.01.